The Labute approximate surface area is 169 Å². The van der Waals surface area contributed by atoms with Crippen LogP contribution in [0.3, 0.4) is 0 Å². The van der Waals surface area contributed by atoms with Crippen LogP contribution >= 0.6 is 11.8 Å². The number of amides is 1. The summed E-state index contributed by atoms with van der Waals surface area (Å²) >= 11 is -0.331. The fourth-order valence-electron chi connectivity index (χ4n) is 3.33. The van der Waals surface area contributed by atoms with Crippen molar-refractivity contribution in [3.8, 4) is 11.1 Å². The Morgan fingerprint density at radius 1 is 1.07 bits per heavy atom. The van der Waals surface area contributed by atoms with E-state index in [0.29, 0.717) is 0 Å². The van der Waals surface area contributed by atoms with Gasteiger partial charge in [0, 0.05) is 11.7 Å². The number of alkyl carbamates (subject to hydrolysis) is 1. The summed E-state index contributed by atoms with van der Waals surface area (Å²) in [7, 11) is 0. The molecule has 0 aromatic heterocycles. The van der Waals surface area contributed by atoms with Crippen molar-refractivity contribution < 1.29 is 32.6 Å². The maximum Gasteiger partial charge on any atom is 0.441 e. The van der Waals surface area contributed by atoms with Crippen LogP contribution in [0, 0.1) is 0 Å². The Kier molecular flexibility index (Phi) is 6.36. The molecule has 0 saturated heterocycles. The number of carbonyl (C=O) groups excluding carboxylic acids is 1. The Bertz CT molecular complexity index is 858. The van der Waals surface area contributed by atoms with E-state index in [1.165, 1.54) is 0 Å². The molecule has 0 fully saturated rings. The van der Waals surface area contributed by atoms with Crippen LogP contribution in [-0.2, 0) is 9.53 Å². The molecule has 29 heavy (non-hydrogen) atoms. The van der Waals surface area contributed by atoms with E-state index in [-0.39, 0.29) is 30.7 Å². The predicted octanol–water partition coefficient (Wildman–Crippen LogP) is 4.62. The number of fused-ring (bicyclic) bond motifs is 3. The summed E-state index contributed by atoms with van der Waals surface area (Å²) in [6, 6.07) is 14.0. The summed E-state index contributed by atoms with van der Waals surface area (Å²) in [4.78, 5) is 23.3. The van der Waals surface area contributed by atoms with Crippen LogP contribution < -0.4 is 5.32 Å². The number of carbonyl (C=O) groups is 2. The van der Waals surface area contributed by atoms with Crippen molar-refractivity contribution >= 4 is 23.8 Å². The van der Waals surface area contributed by atoms with Crippen molar-refractivity contribution in [2.24, 2.45) is 0 Å². The zero-order chi connectivity index (χ0) is 21.0. The Morgan fingerprint density at radius 2 is 1.62 bits per heavy atom. The smallest absolute Gasteiger partial charge is 0.441 e. The molecule has 0 radical (unpaired) electrons. The Balaban J connectivity index is 1.61. The SMILES string of the molecule is O=C(N[C@H](CCSC(F)(F)F)C(=O)O)OCC1c2ccccc2-c2ccccc21. The van der Waals surface area contributed by atoms with Gasteiger partial charge in [-0.05, 0) is 28.7 Å². The lowest BCUT2D eigenvalue weighted by atomic mass is 9.98. The van der Waals surface area contributed by atoms with Crippen LogP contribution in [0.25, 0.3) is 11.1 Å². The molecule has 1 aliphatic carbocycles. The van der Waals surface area contributed by atoms with Crippen molar-refractivity contribution in [1.29, 1.82) is 0 Å². The molecule has 2 N–H and O–H groups in total. The summed E-state index contributed by atoms with van der Waals surface area (Å²) in [6.45, 7) is -0.0104. The average Bonchev–Trinajstić information content (AvgIpc) is 2.98. The molecule has 3 rings (SSSR count). The van der Waals surface area contributed by atoms with E-state index in [4.69, 9.17) is 9.84 Å². The van der Waals surface area contributed by atoms with Gasteiger partial charge in [0.25, 0.3) is 0 Å². The molecule has 0 heterocycles. The van der Waals surface area contributed by atoms with E-state index in [1.807, 2.05) is 48.5 Å². The highest BCUT2D eigenvalue weighted by molar-refractivity contribution is 8.00. The van der Waals surface area contributed by atoms with E-state index in [2.05, 4.69) is 5.32 Å². The van der Waals surface area contributed by atoms with E-state index in [1.54, 1.807) is 0 Å². The number of aliphatic carboxylic acids is 1. The maximum atomic E-state index is 12.2. The number of thioether (sulfide) groups is 1. The molecule has 5 nitrogen and oxygen atoms in total. The number of halogens is 3. The van der Waals surface area contributed by atoms with Crippen molar-refractivity contribution in [2.45, 2.75) is 23.9 Å². The predicted molar refractivity (Wildman–Crippen MR) is 103 cm³/mol. The average molecular weight is 425 g/mol. The highest BCUT2D eigenvalue weighted by Gasteiger charge is 2.31. The summed E-state index contributed by atoms with van der Waals surface area (Å²) in [5.41, 5.74) is -0.363. The minimum atomic E-state index is -4.45. The zero-order valence-corrected chi connectivity index (χ0v) is 15.9. The molecule has 0 saturated carbocycles. The molecule has 0 spiro atoms. The highest BCUT2D eigenvalue weighted by atomic mass is 32.2. The fourth-order valence-corrected chi connectivity index (χ4v) is 3.92. The molecule has 0 aliphatic heterocycles. The third-order valence-corrected chi connectivity index (χ3v) is 5.37. The number of hydrogen-bond acceptors (Lipinski definition) is 4. The van der Waals surface area contributed by atoms with Gasteiger partial charge in [-0.3, -0.25) is 0 Å². The lowest BCUT2D eigenvalue weighted by Gasteiger charge is -2.17. The van der Waals surface area contributed by atoms with Gasteiger partial charge in [-0.1, -0.05) is 60.3 Å². The third kappa shape index (κ3) is 5.23. The van der Waals surface area contributed by atoms with Crippen molar-refractivity contribution in [3.63, 3.8) is 0 Å². The second-order valence-corrected chi connectivity index (χ2v) is 7.60. The largest absolute Gasteiger partial charge is 0.480 e. The van der Waals surface area contributed by atoms with Crippen LogP contribution in [-0.4, -0.2) is 41.1 Å². The van der Waals surface area contributed by atoms with Crippen molar-refractivity contribution in [2.75, 3.05) is 12.4 Å². The number of rotatable bonds is 7. The number of carboxylic acid groups (broad SMARTS) is 1. The van der Waals surface area contributed by atoms with Gasteiger partial charge in [0.05, 0.1) is 0 Å². The molecule has 9 heteroatoms. The second-order valence-electron chi connectivity index (χ2n) is 6.44. The summed E-state index contributed by atoms with van der Waals surface area (Å²) in [6.07, 6.45) is -1.35. The van der Waals surface area contributed by atoms with E-state index in [9.17, 15) is 22.8 Å². The number of ether oxygens (including phenoxy) is 1. The van der Waals surface area contributed by atoms with Crippen LogP contribution in [0.5, 0.6) is 0 Å². The van der Waals surface area contributed by atoms with Crippen LogP contribution in [0.1, 0.15) is 23.5 Å². The van der Waals surface area contributed by atoms with Gasteiger partial charge in [0.2, 0.25) is 0 Å². The van der Waals surface area contributed by atoms with Gasteiger partial charge < -0.3 is 15.2 Å². The molecule has 0 bridgehead atoms. The zero-order valence-electron chi connectivity index (χ0n) is 15.1. The molecule has 1 atom stereocenters. The number of benzene rings is 2. The molecule has 0 unspecified atom stereocenters. The third-order valence-electron chi connectivity index (χ3n) is 4.61. The monoisotopic (exact) mass is 425 g/mol. The van der Waals surface area contributed by atoms with Gasteiger partial charge in [-0.2, -0.15) is 13.2 Å². The summed E-state index contributed by atoms with van der Waals surface area (Å²) < 4.78 is 41.9. The van der Waals surface area contributed by atoms with E-state index >= 15 is 0 Å². The van der Waals surface area contributed by atoms with Gasteiger partial charge >= 0.3 is 17.6 Å². The Hall–Kier alpha value is -2.68. The summed E-state index contributed by atoms with van der Waals surface area (Å²) in [5.74, 6) is -2.09. The first-order valence-electron chi connectivity index (χ1n) is 8.81. The van der Waals surface area contributed by atoms with Crippen LogP contribution in [0.15, 0.2) is 48.5 Å². The first-order valence-corrected chi connectivity index (χ1v) is 9.80. The van der Waals surface area contributed by atoms with Crippen LogP contribution in [0.4, 0.5) is 18.0 Å². The fraction of sp³-hybridized carbons (Fsp3) is 0.300. The first kappa shape index (κ1) is 21.0. The van der Waals surface area contributed by atoms with Gasteiger partial charge in [-0.15, -0.1) is 0 Å². The number of nitrogens with one attached hydrogen (secondary N) is 1. The molecule has 154 valence electrons. The molecule has 1 aliphatic rings. The standard InChI is InChI=1S/C20H18F3NO4S/c21-20(22,23)29-10-9-17(18(25)26)24-19(27)28-11-16-14-7-3-1-5-12(14)13-6-2-4-8-15(13)16/h1-8,16-17H,9-11H2,(H,24,27)(H,25,26)/t17-/m1/s1. The second kappa shape index (κ2) is 8.77. The van der Waals surface area contributed by atoms with E-state index < -0.39 is 29.4 Å². The minimum Gasteiger partial charge on any atom is -0.480 e. The maximum absolute atomic E-state index is 12.2. The summed E-state index contributed by atoms with van der Waals surface area (Å²) in [5, 5.41) is 11.3. The van der Waals surface area contributed by atoms with Crippen molar-refractivity contribution in [1.82, 2.24) is 5.32 Å². The van der Waals surface area contributed by atoms with Gasteiger partial charge in [0.15, 0.2) is 0 Å². The van der Waals surface area contributed by atoms with Crippen LogP contribution in [0.2, 0.25) is 0 Å². The van der Waals surface area contributed by atoms with Gasteiger partial charge in [-0.25, -0.2) is 9.59 Å². The number of carboxylic acids is 1. The number of hydrogen-bond donors (Lipinski definition) is 2. The molecule has 1 amide bonds. The number of alkyl halides is 3. The Morgan fingerprint density at radius 3 is 2.14 bits per heavy atom. The lowest BCUT2D eigenvalue weighted by Crippen LogP contribution is -2.42. The molecule has 2 aromatic carbocycles. The van der Waals surface area contributed by atoms with Gasteiger partial charge in [0.1, 0.15) is 12.6 Å². The quantitative estimate of drug-likeness (QED) is 0.677. The van der Waals surface area contributed by atoms with Crippen molar-refractivity contribution in [3.05, 3.63) is 59.7 Å². The first-order chi connectivity index (χ1) is 13.8. The topological polar surface area (TPSA) is 75.6 Å². The van der Waals surface area contributed by atoms with E-state index in [0.717, 1.165) is 22.3 Å². The molecular weight excluding hydrogens is 407 g/mol. The lowest BCUT2D eigenvalue weighted by molar-refractivity contribution is -0.139. The molecule has 2 aromatic rings. The normalized spacial score (nSPS) is 14.0. The minimum absolute atomic E-state index is 0.0104. The highest BCUT2D eigenvalue weighted by Crippen LogP contribution is 2.44. The molecular formula is C20H18F3NO4S.